The van der Waals surface area contributed by atoms with Crippen LogP contribution in [0.4, 0.5) is 11.4 Å². The summed E-state index contributed by atoms with van der Waals surface area (Å²) in [6.45, 7) is 8.11. The van der Waals surface area contributed by atoms with Crippen molar-refractivity contribution in [1.29, 1.82) is 10.7 Å². The van der Waals surface area contributed by atoms with Gasteiger partial charge in [0.05, 0.1) is 6.07 Å². The van der Waals surface area contributed by atoms with Gasteiger partial charge in [-0.3, -0.25) is 10.2 Å². The van der Waals surface area contributed by atoms with E-state index in [1.807, 2.05) is 48.2 Å². The number of amidine groups is 1. The largest absolute Gasteiger partial charge is 0.372 e. The van der Waals surface area contributed by atoms with Crippen LogP contribution in [0.5, 0.6) is 0 Å². The zero-order valence-electron chi connectivity index (χ0n) is 19.1. The summed E-state index contributed by atoms with van der Waals surface area (Å²) in [5, 5.41) is 19.1. The SMILES string of the molecule is CCN(CC)c1ccc(C2C3=C(CCCC3=O)N(c3cccc(C)c3)C(=N)C2C#N)cc1. The van der Waals surface area contributed by atoms with Gasteiger partial charge in [0.1, 0.15) is 11.8 Å². The fraction of sp³-hybridized carbons (Fsp3) is 0.370. The molecule has 2 aromatic rings. The molecule has 1 aliphatic heterocycles. The average molecular weight is 427 g/mol. The summed E-state index contributed by atoms with van der Waals surface area (Å²) in [4.78, 5) is 17.3. The van der Waals surface area contributed by atoms with Gasteiger partial charge in [-0.15, -0.1) is 0 Å². The van der Waals surface area contributed by atoms with Gasteiger partial charge in [0.25, 0.3) is 0 Å². The lowest BCUT2D eigenvalue weighted by atomic mass is 9.72. The van der Waals surface area contributed by atoms with Crippen LogP contribution in [-0.4, -0.2) is 24.7 Å². The van der Waals surface area contributed by atoms with E-state index in [1.165, 1.54) is 0 Å². The fourth-order valence-corrected chi connectivity index (χ4v) is 5.08. The maximum absolute atomic E-state index is 13.2. The average Bonchev–Trinajstić information content (AvgIpc) is 2.80. The highest BCUT2D eigenvalue weighted by molar-refractivity contribution is 6.10. The predicted molar refractivity (Wildman–Crippen MR) is 129 cm³/mol. The van der Waals surface area contributed by atoms with E-state index in [9.17, 15) is 10.1 Å². The van der Waals surface area contributed by atoms with Crippen molar-refractivity contribution in [3.05, 3.63) is 70.9 Å². The molecule has 0 fully saturated rings. The molecule has 0 radical (unpaired) electrons. The Labute approximate surface area is 190 Å². The molecule has 32 heavy (non-hydrogen) atoms. The van der Waals surface area contributed by atoms with Crippen LogP contribution in [0.15, 0.2) is 59.8 Å². The standard InChI is InChI=1S/C27H30N4O/c1-4-30(5-2)20-14-12-19(13-15-20)25-22(17-28)27(29)31(21-9-6-8-18(3)16-21)23-10-7-11-24(32)26(23)25/h6,8-9,12-16,22,25,29H,4-5,7,10-11H2,1-3H3. The van der Waals surface area contributed by atoms with Gasteiger partial charge in [-0.1, -0.05) is 24.3 Å². The van der Waals surface area contributed by atoms with Gasteiger partial charge in [0.2, 0.25) is 0 Å². The second kappa shape index (κ2) is 9.00. The summed E-state index contributed by atoms with van der Waals surface area (Å²) in [5.41, 5.74) is 5.61. The van der Waals surface area contributed by atoms with E-state index < -0.39 is 11.8 Å². The van der Waals surface area contributed by atoms with Crippen LogP contribution in [0.1, 0.15) is 50.2 Å². The lowest BCUT2D eigenvalue weighted by Gasteiger charge is -2.42. The first-order chi connectivity index (χ1) is 15.5. The maximum Gasteiger partial charge on any atom is 0.161 e. The van der Waals surface area contributed by atoms with Crippen LogP contribution in [0.3, 0.4) is 0 Å². The molecule has 1 N–H and O–H groups in total. The summed E-state index contributed by atoms with van der Waals surface area (Å²) in [6.07, 6.45) is 2.02. The van der Waals surface area contributed by atoms with E-state index >= 15 is 0 Å². The van der Waals surface area contributed by atoms with Gasteiger partial charge in [-0.2, -0.15) is 5.26 Å². The molecule has 1 aliphatic carbocycles. The van der Waals surface area contributed by atoms with E-state index in [-0.39, 0.29) is 11.6 Å². The summed E-state index contributed by atoms with van der Waals surface area (Å²) >= 11 is 0. The smallest absolute Gasteiger partial charge is 0.161 e. The lowest BCUT2D eigenvalue weighted by molar-refractivity contribution is -0.116. The molecule has 2 aliphatic rings. The zero-order valence-corrected chi connectivity index (χ0v) is 19.1. The zero-order chi connectivity index (χ0) is 22.8. The van der Waals surface area contributed by atoms with Gasteiger partial charge in [0.15, 0.2) is 5.78 Å². The molecule has 2 unspecified atom stereocenters. The number of rotatable bonds is 5. The van der Waals surface area contributed by atoms with Gasteiger partial charge >= 0.3 is 0 Å². The molecule has 0 saturated heterocycles. The second-order valence-corrected chi connectivity index (χ2v) is 8.55. The molecular weight excluding hydrogens is 396 g/mol. The third-order valence-electron chi connectivity index (χ3n) is 6.66. The third kappa shape index (κ3) is 3.71. The number of aryl methyl sites for hydroxylation is 1. The minimum atomic E-state index is -0.712. The highest BCUT2D eigenvalue weighted by Gasteiger charge is 2.44. The monoisotopic (exact) mass is 426 g/mol. The number of carbonyl (C=O) groups excluding carboxylic acids is 1. The third-order valence-corrected chi connectivity index (χ3v) is 6.66. The number of carbonyl (C=O) groups is 1. The summed E-state index contributed by atoms with van der Waals surface area (Å²) in [7, 11) is 0. The van der Waals surface area contributed by atoms with Gasteiger partial charge < -0.3 is 9.80 Å². The number of hydrogen-bond donors (Lipinski definition) is 1. The first-order valence-electron chi connectivity index (χ1n) is 11.5. The molecule has 0 saturated carbocycles. The number of benzene rings is 2. The summed E-state index contributed by atoms with van der Waals surface area (Å²) < 4.78 is 0. The number of ketones is 1. The van der Waals surface area contributed by atoms with Crippen molar-refractivity contribution in [2.45, 2.75) is 46.0 Å². The maximum atomic E-state index is 13.2. The number of nitrogens with one attached hydrogen (secondary N) is 1. The Bertz CT molecular complexity index is 1110. The molecule has 5 heteroatoms. The van der Waals surface area contributed by atoms with E-state index in [1.54, 1.807) is 0 Å². The van der Waals surface area contributed by atoms with Crippen molar-refractivity contribution in [3.8, 4) is 6.07 Å². The quantitative estimate of drug-likeness (QED) is 0.678. The Morgan fingerprint density at radius 3 is 2.47 bits per heavy atom. The van der Waals surface area contributed by atoms with E-state index in [0.717, 1.165) is 59.7 Å². The molecule has 0 amide bonds. The molecule has 5 nitrogen and oxygen atoms in total. The fourth-order valence-electron chi connectivity index (χ4n) is 5.08. The first kappa shape index (κ1) is 21.8. The number of hydrogen-bond acceptors (Lipinski definition) is 4. The highest BCUT2D eigenvalue weighted by Crippen LogP contribution is 2.46. The highest BCUT2D eigenvalue weighted by atomic mass is 16.1. The number of nitriles is 1. The Morgan fingerprint density at radius 1 is 1.12 bits per heavy atom. The van der Waals surface area contributed by atoms with Crippen LogP contribution in [-0.2, 0) is 4.79 Å². The predicted octanol–water partition coefficient (Wildman–Crippen LogP) is 5.57. The Hall–Kier alpha value is -3.39. The molecular formula is C27H30N4O. The Balaban J connectivity index is 1.86. The number of nitrogens with zero attached hydrogens (tertiary/aromatic N) is 3. The first-order valence-corrected chi connectivity index (χ1v) is 11.5. The van der Waals surface area contributed by atoms with Crippen LogP contribution in [0.25, 0.3) is 0 Å². The van der Waals surface area contributed by atoms with Crippen molar-refractivity contribution in [2.75, 3.05) is 22.9 Å². The van der Waals surface area contributed by atoms with Crippen molar-refractivity contribution in [1.82, 2.24) is 0 Å². The number of anilines is 2. The van der Waals surface area contributed by atoms with Crippen LogP contribution < -0.4 is 9.80 Å². The minimum absolute atomic E-state index is 0.106. The van der Waals surface area contributed by atoms with Crippen LogP contribution >= 0.6 is 0 Å². The molecule has 164 valence electrons. The van der Waals surface area contributed by atoms with Crippen molar-refractivity contribution in [3.63, 3.8) is 0 Å². The lowest BCUT2D eigenvalue weighted by Crippen LogP contribution is -2.45. The molecule has 0 aromatic heterocycles. The van der Waals surface area contributed by atoms with Gasteiger partial charge in [-0.25, -0.2) is 0 Å². The minimum Gasteiger partial charge on any atom is -0.372 e. The summed E-state index contributed by atoms with van der Waals surface area (Å²) in [6, 6.07) is 18.5. The van der Waals surface area contributed by atoms with Crippen LogP contribution in [0.2, 0.25) is 0 Å². The topological polar surface area (TPSA) is 71.2 Å². The van der Waals surface area contributed by atoms with E-state index in [2.05, 4.69) is 36.9 Å². The van der Waals surface area contributed by atoms with Crippen molar-refractivity contribution in [2.24, 2.45) is 5.92 Å². The van der Waals surface area contributed by atoms with Crippen molar-refractivity contribution >= 4 is 23.0 Å². The van der Waals surface area contributed by atoms with Gasteiger partial charge in [-0.05, 0) is 69.0 Å². The number of allylic oxidation sites excluding steroid dienone is 2. The Morgan fingerprint density at radius 2 is 1.84 bits per heavy atom. The number of Topliss-reactive ketones (excluding diaryl/α,β-unsaturated/α-hetero) is 1. The second-order valence-electron chi connectivity index (χ2n) is 8.55. The summed E-state index contributed by atoms with van der Waals surface area (Å²) in [5.74, 6) is -0.753. The van der Waals surface area contributed by atoms with Crippen molar-refractivity contribution < 1.29 is 4.79 Å². The normalized spacial score (nSPS) is 20.8. The molecule has 0 spiro atoms. The van der Waals surface area contributed by atoms with E-state index in [0.29, 0.717) is 6.42 Å². The molecule has 2 atom stereocenters. The van der Waals surface area contributed by atoms with Crippen LogP contribution in [0, 0.1) is 29.6 Å². The molecule has 2 aromatic carbocycles. The Kier molecular flexibility index (Phi) is 6.14. The molecule has 1 heterocycles. The van der Waals surface area contributed by atoms with E-state index in [4.69, 9.17) is 5.41 Å². The molecule has 0 bridgehead atoms. The molecule has 4 rings (SSSR count). The van der Waals surface area contributed by atoms with Gasteiger partial charge in [0, 0.05) is 48.1 Å².